The molecule has 52 heavy (non-hydrogen) atoms. The van der Waals surface area contributed by atoms with Crippen LogP contribution in [0.1, 0.15) is 22.1 Å². The maximum atomic E-state index is 12.4. The number of rotatable bonds is 7. The van der Waals surface area contributed by atoms with Crippen LogP contribution in [-0.4, -0.2) is 50.1 Å². The summed E-state index contributed by atoms with van der Waals surface area (Å²) in [5.74, 6) is -0.799. The van der Waals surface area contributed by atoms with E-state index < -0.39 is 39.8 Å². The second-order valence-corrected chi connectivity index (χ2v) is 9.69. The molecule has 5 rings (SSSR count). The molecule has 0 bridgehead atoms. The minimum Gasteiger partial charge on any atom is -0.397 e. The van der Waals surface area contributed by atoms with Gasteiger partial charge in [0.1, 0.15) is 12.2 Å². The topological polar surface area (TPSA) is 200 Å². The van der Waals surface area contributed by atoms with Gasteiger partial charge in [-0.05, 0) is 61.7 Å². The van der Waals surface area contributed by atoms with Gasteiger partial charge in [0.25, 0.3) is 5.69 Å². The molecule has 0 saturated heterocycles. The van der Waals surface area contributed by atoms with Crippen LogP contribution < -0.4 is 27.8 Å². The van der Waals surface area contributed by atoms with Crippen molar-refractivity contribution in [2.24, 2.45) is 5.73 Å². The summed E-state index contributed by atoms with van der Waals surface area (Å²) in [5.41, 5.74) is 12.5. The summed E-state index contributed by atoms with van der Waals surface area (Å²) in [5, 5.41) is 26.5. The fourth-order valence-electron chi connectivity index (χ4n) is 3.86. The van der Waals surface area contributed by atoms with Crippen LogP contribution in [0, 0.1) is 26.0 Å². The normalized spacial score (nSPS) is 9.98. The lowest BCUT2D eigenvalue weighted by atomic mass is 10.3. The SMILES string of the molecule is CCN.CCNc1ccccc1N.CCNc1ccccc1[N+](=O)[O-].O=[N+]([O-])c1ccccc1F.O=c1[nH]c2ccccc2n1CC(F)(F)F.[2H]CI. The Hall–Kier alpha value is -5.24. The van der Waals surface area contributed by atoms with Crippen molar-refractivity contribution in [1.82, 2.24) is 9.55 Å². The summed E-state index contributed by atoms with van der Waals surface area (Å²) in [7, 11) is 0. The number of para-hydroxylation sites is 7. The smallest absolute Gasteiger partial charge is 0.397 e. The van der Waals surface area contributed by atoms with Crippen LogP contribution >= 0.6 is 22.6 Å². The minimum absolute atomic E-state index is 0.124. The highest BCUT2D eigenvalue weighted by molar-refractivity contribution is 14.1. The molecule has 0 radical (unpaired) electrons. The van der Waals surface area contributed by atoms with Crippen LogP contribution in [0.3, 0.4) is 0 Å². The van der Waals surface area contributed by atoms with E-state index in [0.717, 1.165) is 36.6 Å². The molecule has 0 atom stereocenters. The number of alkyl halides is 4. The molecule has 1 aromatic heterocycles. The van der Waals surface area contributed by atoms with E-state index in [0.29, 0.717) is 27.2 Å². The van der Waals surface area contributed by atoms with E-state index in [1.165, 1.54) is 24.3 Å². The predicted octanol–water partition coefficient (Wildman–Crippen LogP) is 8.37. The Labute approximate surface area is 313 Å². The highest BCUT2D eigenvalue weighted by atomic mass is 127. The zero-order chi connectivity index (χ0) is 40.4. The molecule has 7 N–H and O–H groups in total. The van der Waals surface area contributed by atoms with Crippen molar-refractivity contribution in [1.29, 1.82) is 0 Å². The number of aromatic amines is 1. The van der Waals surface area contributed by atoms with Gasteiger partial charge in [-0.1, -0.05) is 78.0 Å². The second-order valence-electron chi connectivity index (χ2n) is 9.69. The molecule has 4 aromatic carbocycles. The first kappa shape index (κ1) is 44.8. The molecule has 0 aliphatic carbocycles. The average molecular weight is 848 g/mol. The molecular formula is C34H43F4IN8O5. The lowest BCUT2D eigenvalue weighted by Crippen LogP contribution is -2.26. The van der Waals surface area contributed by atoms with E-state index >= 15 is 0 Å². The van der Waals surface area contributed by atoms with E-state index in [1.54, 1.807) is 36.4 Å². The van der Waals surface area contributed by atoms with Crippen molar-refractivity contribution >= 4 is 62.1 Å². The number of hydrogen-bond donors (Lipinski definition) is 5. The van der Waals surface area contributed by atoms with Crippen LogP contribution in [0.5, 0.6) is 0 Å². The number of anilines is 3. The molecular weight excluding hydrogens is 803 g/mol. The Balaban J connectivity index is 0.000000655. The maximum Gasteiger partial charge on any atom is 0.406 e. The van der Waals surface area contributed by atoms with E-state index in [4.69, 9.17) is 12.8 Å². The maximum absolute atomic E-state index is 12.4. The third-order valence-corrected chi connectivity index (χ3v) is 5.86. The summed E-state index contributed by atoms with van der Waals surface area (Å²) >= 11 is 1.96. The van der Waals surface area contributed by atoms with E-state index in [2.05, 4.69) is 15.6 Å². The Kier molecular flexibility index (Phi) is 22.1. The van der Waals surface area contributed by atoms with Gasteiger partial charge in [0.05, 0.1) is 32.3 Å². The number of H-pyrrole nitrogens is 1. The highest BCUT2D eigenvalue weighted by Crippen LogP contribution is 2.23. The summed E-state index contributed by atoms with van der Waals surface area (Å²) in [6.07, 6.45) is -4.39. The van der Waals surface area contributed by atoms with Crippen LogP contribution in [0.25, 0.3) is 11.0 Å². The molecule has 0 amide bonds. The number of nitro benzene ring substituents is 2. The number of nitrogen functional groups attached to an aromatic ring is 1. The van der Waals surface area contributed by atoms with E-state index in [1.807, 2.05) is 67.6 Å². The number of nitrogens with zero attached hydrogens (tertiary/aromatic N) is 3. The van der Waals surface area contributed by atoms with Crippen LogP contribution in [0.4, 0.5) is 46.0 Å². The first-order valence-electron chi connectivity index (χ1n) is 16.1. The molecule has 0 fully saturated rings. The van der Waals surface area contributed by atoms with Gasteiger partial charge in [0.15, 0.2) is 0 Å². The number of imidazole rings is 1. The molecule has 5 aromatic rings. The van der Waals surface area contributed by atoms with Gasteiger partial charge in [-0.15, -0.1) is 0 Å². The fourth-order valence-corrected chi connectivity index (χ4v) is 3.86. The Morgan fingerprint density at radius 2 is 1.27 bits per heavy atom. The Bertz CT molecular complexity index is 1860. The standard InChI is InChI=1S/C9H7F3N2O.C8H10N2O2.C8H12N2.C6H4FNO2.C2H7N.CH3I/c10-9(11,12)5-14-7-4-2-1-3-6(7)13-8(14)15;1-2-9-7-5-3-4-6-8(7)10(11)12;1-2-10-8-6-4-3-5-7(8)9;7-5-3-1-2-4-6(5)8(9)10;1-2-3;1-2/h1-4H,5H2,(H,13,15);3-6,9H,2H2,1H3;3-6,10H,2,9H2,1H3;1-4H;2-3H2,1H3;1H3/i;;;;;1D. The zero-order valence-electron chi connectivity index (χ0n) is 29.7. The molecule has 13 nitrogen and oxygen atoms in total. The van der Waals surface area contributed by atoms with Gasteiger partial charge in [0, 0.05) is 26.6 Å². The van der Waals surface area contributed by atoms with Crippen molar-refractivity contribution in [3.8, 4) is 0 Å². The fraction of sp³-hybridized carbons (Fsp3) is 0.265. The first-order valence-corrected chi connectivity index (χ1v) is 16.9. The van der Waals surface area contributed by atoms with Crippen LogP contribution in [-0.2, 0) is 6.54 Å². The number of hydrogen-bond acceptors (Lipinski definition) is 9. The molecule has 0 spiro atoms. The second kappa shape index (κ2) is 25.7. The van der Waals surface area contributed by atoms with E-state index in [-0.39, 0.29) is 11.2 Å². The van der Waals surface area contributed by atoms with Gasteiger partial charge in [-0.2, -0.15) is 17.6 Å². The zero-order valence-corrected chi connectivity index (χ0v) is 30.9. The summed E-state index contributed by atoms with van der Waals surface area (Å²) in [4.78, 5) is 33.4. The van der Waals surface area contributed by atoms with Gasteiger partial charge in [0.2, 0.25) is 5.82 Å². The van der Waals surface area contributed by atoms with Crippen molar-refractivity contribution in [3.05, 3.63) is 134 Å². The summed E-state index contributed by atoms with van der Waals surface area (Å²) < 4.78 is 55.7. The number of fused-ring (bicyclic) bond motifs is 1. The number of nitro groups is 2. The predicted molar refractivity (Wildman–Crippen MR) is 209 cm³/mol. The highest BCUT2D eigenvalue weighted by Gasteiger charge is 2.29. The number of nitrogens with two attached hydrogens (primary N) is 2. The largest absolute Gasteiger partial charge is 0.406 e. The van der Waals surface area contributed by atoms with Crippen molar-refractivity contribution in [2.75, 3.05) is 40.9 Å². The third-order valence-electron chi connectivity index (χ3n) is 5.86. The number of nitrogens with one attached hydrogen (secondary N) is 3. The van der Waals surface area contributed by atoms with E-state index in [9.17, 15) is 42.6 Å². The monoisotopic (exact) mass is 847 g/mol. The van der Waals surface area contributed by atoms with Gasteiger partial charge >= 0.3 is 17.6 Å². The first-order chi connectivity index (χ1) is 25.1. The molecule has 0 aliphatic rings. The van der Waals surface area contributed by atoms with Crippen molar-refractivity contribution in [2.45, 2.75) is 33.5 Å². The van der Waals surface area contributed by atoms with Gasteiger partial charge in [-0.25, -0.2) is 4.79 Å². The lowest BCUT2D eigenvalue weighted by molar-refractivity contribution is -0.387. The number of benzene rings is 4. The Morgan fingerprint density at radius 3 is 1.75 bits per heavy atom. The Morgan fingerprint density at radius 1 is 0.827 bits per heavy atom. The summed E-state index contributed by atoms with van der Waals surface area (Å²) in [6, 6.07) is 25.6. The number of aromatic nitrogens is 2. The third kappa shape index (κ3) is 17.6. The minimum atomic E-state index is -4.39. The quantitative estimate of drug-likeness (QED) is 0.0267. The molecule has 284 valence electrons. The molecule has 0 aliphatic heterocycles. The van der Waals surface area contributed by atoms with Gasteiger partial charge in [-0.3, -0.25) is 24.8 Å². The summed E-state index contributed by atoms with van der Waals surface area (Å²) in [6.45, 7) is 6.93. The van der Waals surface area contributed by atoms with Crippen LogP contribution in [0.2, 0.25) is 0 Å². The van der Waals surface area contributed by atoms with Crippen molar-refractivity contribution < 1.29 is 28.8 Å². The number of halogens is 5. The molecule has 18 heteroatoms. The molecule has 0 saturated carbocycles. The van der Waals surface area contributed by atoms with Crippen molar-refractivity contribution in [3.63, 3.8) is 0 Å². The van der Waals surface area contributed by atoms with Crippen LogP contribution in [0.15, 0.2) is 102 Å². The lowest BCUT2D eigenvalue weighted by Gasteiger charge is -2.06. The molecule has 1 heterocycles. The van der Waals surface area contributed by atoms with Gasteiger partial charge < -0.3 is 27.1 Å². The average Bonchev–Trinajstić information content (AvgIpc) is 3.41. The molecule has 0 unspecified atom stereocenters.